The van der Waals surface area contributed by atoms with Gasteiger partial charge in [0, 0.05) is 47.6 Å². The molecule has 5 aromatic heterocycles. The van der Waals surface area contributed by atoms with Gasteiger partial charge in [0.1, 0.15) is 4.83 Å². The number of furan rings is 1. The molecule has 0 N–H and O–H groups in total. The van der Waals surface area contributed by atoms with Crippen molar-refractivity contribution in [3.8, 4) is 22.5 Å². The summed E-state index contributed by atoms with van der Waals surface area (Å²) in [5.74, 6) is 0. The molecule has 0 unspecified atom stereocenters. The summed E-state index contributed by atoms with van der Waals surface area (Å²) in [7, 11) is 0. The van der Waals surface area contributed by atoms with E-state index in [4.69, 9.17) is 9.40 Å². The van der Waals surface area contributed by atoms with E-state index in [-0.39, 0.29) is 30.9 Å². The summed E-state index contributed by atoms with van der Waals surface area (Å²) in [4.78, 5) is 16.6. The number of benzene rings is 2. The van der Waals surface area contributed by atoms with Gasteiger partial charge in [-0.15, -0.1) is 65.4 Å². The van der Waals surface area contributed by atoms with Gasteiger partial charge in [-0.05, 0) is 72.2 Å². The van der Waals surface area contributed by atoms with E-state index in [2.05, 4.69) is 80.1 Å². The molecular formula is C39H35IrN3OS-2. The number of rotatable bonds is 2. The predicted molar refractivity (Wildman–Crippen MR) is 182 cm³/mol. The van der Waals surface area contributed by atoms with Crippen LogP contribution >= 0.6 is 11.3 Å². The van der Waals surface area contributed by atoms with E-state index in [0.29, 0.717) is 5.71 Å². The van der Waals surface area contributed by atoms with Crippen LogP contribution in [0.4, 0.5) is 0 Å². The molecule has 0 saturated carbocycles. The summed E-state index contributed by atoms with van der Waals surface area (Å²) in [6, 6.07) is 31.0. The Labute approximate surface area is 282 Å². The molecule has 6 heteroatoms. The van der Waals surface area contributed by atoms with Crippen molar-refractivity contribution in [2.45, 2.75) is 65.2 Å². The van der Waals surface area contributed by atoms with Gasteiger partial charge in [0.05, 0.1) is 5.58 Å². The van der Waals surface area contributed by atoms with Gasteiger partial charge in [0.25, 0.3) is 0 Å². The standard InChI is InChI=1S/C27H25N2OS.C12H10N.Ir/c1-15-9-10-17-16-7-6-8-18(22(16)30-24(17)28-15)20-12-11-19-21-23(31-25(19)29-20)27(4,5)14-13-26(21,2)3;1-10-7-8-12(13-9-10)11-5-3-2-4-6-11;/h6-7,9-12H,13-14H2,1-5H3;2-5,7-9H,1H3;/q2*-1;. The Bertz CT molecular complexity index is 2140. The average molecular weight is 786 g/mol. The number of hydrogen-bond acceptors (Lipinski definition) is 5. The van der Waals surface area contributed by atoms with Gasteiger partial charge in [-0.25, -0.2) is 4.98 Å². The molecule has 1 radical (unpaired) electrons. The minimum atomic E-state index is 0. The fourth-order valence-corrected chi connectivity index (χ4v) is 7.70. The molecule has 0 saturated heterocycles. The predicted octanol–water partition coefficient (Wildman–Crippen LogP) is 10.6. The Morgan fingerprint density at radius 3 is 2.29 bits per heavy atom. The number of fused-ring (bicyclic) bond motifs is 6. The topological polar surface area (TPSA) is 51.8 Å². The molecule has 229 valence electrons. The summed E-state index contributed by atoms with van der Waals surface area (Å²) < 4.78 is 6.20. The number of aromatic nitrogens is 3. The van der Waals surface area contributed by atoms with Gasteiger partial charge in [0.15, 0.2) is 0 Å². The first-order valence-electron chi connectivity index (χ1n) is 15.2. The minimum Gasteiger partial charge on any atom is -0.486 e. The molecule has 0 fully saturated rings. The van der Waals surface area contributed by atoms with Crippen LogP contribution in [0.5, 0.6) is 0 Å². The second kappa shape index (κ2) is 11.9. The molecule has 7 aromatic rings. The molecule has 0 amide bonds. The van der Waals surface area contributed by atoms with Crippen LogP contribution in [0, 0.1) is 26.0 Å². The number of nitrogens with zero attached hydrogens (tertiary/aromatic N) is 3. The zero-order valence-electron chi connectivity index (χ0n) is 26.4. The molecule has 0 aliphatic heterocycles. The van der Waals surface area contributed by atoms with Crippen molar-refractivity contribution in [1.82, 2.24) is 15.0 Å². The Morgan fingerprint density at radius 2 is 1.53 bits per heavy atom. The van der Waals surface area contributed by atoms with Crippen LogP contribution in [0.1, 0.15) is 62.2 Å². The van der Waals surface area contributed by atoms with Crippen LogP contribution in [-0.4, -0.2) is 15.0 Å². The summed E-state index contributed by atoms with van der Waals surface area (Å²) in [6.07, 6.45) is 4.29. The first-order valence-corrected chi connectivity index (χ1v) is 16.0. The van der Waals surface area contributed by atoms with Crippen molar-refractivity contribution in [2.24, 2.45) is 0 Å². The molecular weight excluding hydrogens is 751 g/mol. The third-order valence-corrected chi connectivity index (χ3v) is 10.3. The van der Waals surface area contributed by atoms with Crippen LogP contribution < -0.4 is 0 Å². The maximum atomic E-state index is 6.20. The van der Waals surface area contributed by atoms with Crippen molar-refractivity contribution >= 4 is 43.6 Å². The van der Waals surface area contributed by atoms with E-state index in [1.165, 1.54) is 34.2 Å². The van der Waals surface area contributed by atoms with Crippen molar-refractivity contribution in [3.63, 3.8) is 0 Å². The van der Waals surface area contributed by atoms with Crippen LogP contribution in [0.3, 0.4) is 0 Å². The molecule has 45 heavy (non-hydrogen) atoms. The van der Waals surface area contributed by atoms with Crippen LogP contribution in [0.2, 0.25) is 0 Å². The van der Waals surface area contributed by atoms with Crippen LogP contribution in [0.15, 0.2) is 83.4 Å². The molecule has 5 heterocycles. The third-order valence-electron chi connectivity index (χ3n) is 8.81. The second-order valence-corrected chi connectivity index (χ2v) is 14.1. The molecule has 2 aromatic carbocycles. The van der Waals surface area contributed by atoms with Gasteiger partial charge < -0.3 is 9.40 Å². The molecule has 8 rings (SSSR count). The van der Waals surface area contributed by atoms with E-state index in [1.54, 1.807) is 0 Å². The van der Waals surface area contributed by atoms with Gasteiger partial charge in [-0.2, -0.15) is 0 Å². The van der Waals surface area contributed by atoms with Gasteiger partial charge in [0.2, 0.25) is 5.71 Å². The van der Waals surface area contributed by atoms with Crippen molar-refractivity contribution in [3.05, 3.63) is 113 Å². The third kappa shape index (κ3) is 5.76. The number of aryl methyl sites for hydroxylation is 2. The largest absolute Gasteiger partial charge is 0.486 e. The summed E-state index contributed by atoms with van der Waals surface area (Å²) >= 11 is 1.86. The average Bonchev–Trinajstić information content (AvgIpc) is 3.60. The van der Waals surface area contributed by atoms with Gasteiger partial charge >= 0.3 is 0 Å². The zero-order chi connectivity index (χ0) is 30.6. The summed E-state index contributed by atoms with van der Waals surface area (Å²) in [6.45, 7) is 13.5. The maximum Gasteiger partial charge on any atom is 0.216 e. The number of pyridine rings is 3. The van der Waals surface area contributed by atoms with Crippen molar-refractivity contribution < 1.29 is 24.5 Å². The molecule has 0 atom stereocenters. The molecule has 1 aliphatic rings. The number of thiophene rings is 1. The quantitative estimate of drug-likeness (QED) is 0.164. The molecule has 4 nitrogen and oxygen atoms in total. The molecule has 0 spiro atoms. The second-order valence-electron chi connectivity index (χ2n) is 13.1. The number of hydrogen-bond donors (Lipinski definition) is 0. The van der Waals surface area contributed by atoms with E-state index >= 15 is 0 Å². The molecule has 0 bridgehead atoms. The van der Waals surface area contributed by atoms with Crippen molar-refractivity contribution in [1.29, 1.82) is 0 Å². The fraction of sp³-hybridized carbons (Fsp3) is 0.256. The van der Waals surface area contributed by atoms with E-state index in [9.17, 15) is 0 Å². The first-order chi connectivity index (χ1) is 21.1. The Kier molecular flexibility index (Phi) is 8.28. The smallest absolute Gasteiger partial charge is 0.216 e. The van der Waals surface area contributed by atoms with Gasteiger partial charge in [-0.1, -0.05) is 62.9 Å². The Hall–Kier alpha value is -3.70. The van der Waals surface area contributed by atoms with Gasteiger partial charge in [-0.3, -0.25) is 4.98 Å². The van der Waals surface area contributed by atoms with E-state index < -0.39 is 0 Å². The first kappa shape index (κ1) is 31.3. The van der Waals surface area contributed by atoms with E-state index in [1.807, 2.05) is 73.8 Å². The van der Waals surface area contributed by atoms with Crippen LogP contribution in [-0.2, 0) is 30.9 Å². The monoisotopic (exact) mass is 786 g/mol. The normalized spacial score (nSPS) is 14.9. The maximum absolute atomic E-state index is 6.20. The Morgan fingerprint density at radius 1 is 0.756 bits per heavy atom. The van der Waals surface area contributed by atoms with Crippen molar-refractivity contribution in [2.75, 3.05) is 0 Å². The van der Waals surface area contributed by atoms with E-state index in [0.717, 1.165) is 49.4 Å². The summed E-state index contributed by atoms with van der Waals surface area (Å²) in [5, 5.41) is 3.40. The SMILES string of the molecule is Cc1ccc(-c2[c-]cccc2)nc1.Cc1ccc2c(n1)oc1c(-c3ccc4c5c(sc4n3)C(C)(C)CCC5(C)C)[c-]ccc12.[Ir]. The zero-order valence-corrected chi connectivity index (χ0v) is 29.6. The molecule has 1 aliphatic carbocycles. The van der Waals surface area contributed by atoms with Crippen LogP contribution in [0.25, 0.3) is 54.8 Å². The summed E-state index contributed by atoms with van der Waals surface area (Å²) in [5.41, 5.74) is 9.32. The minimum absolute atomic E-state index is 0. The Balaban J connectivity index is 0.000000215. The fourth-order valence-electron chi connectivity index (χ4n) is 6.21.